The topological polar surface area (TPSA) is 111 Å². The first-order chi connectivity index (χ1) is 19.6. The second-order valence-electron chi connectivity index (χ2n) is 11.9. The van der Waals surface area contributed by atoms with Gasteiger partial charge in [-0.05, 0) is 34.7 Å². The van der Waals surface area contributed by atoms with Crippen molar-refractivity contribution >= 4 is 28.5 Å². The largest absolute Gasteiger partial charge is 0.390 e. The van der Waals surface area contributed by atoms with E-state index in [4.69, 9.17) is 0 Å². The van der Waals surface area contributed by atoms with Crippen molar-refractivity contribution in [1.29, 1.82) is 0 Å². The van der Waals surface area contributed by atoms with Gasteiger partial charge in [0.25, 0.3) is 0 Å². The van der Waals surface area contributed by atoms with E-state index in [1.807, 2.05) is 93.6 Å². The summed E-state index contributed by atoms with van der Waals surface area (Å²) in [4.78, 5) is 41.5. The number of amides is 3. The fourth-order valence-electron chi connectivity index (χ4n) is 5.18. The summed E-state index contributed by atoms with van der Waals surface area (Å²) >= 11 is 0. The van der Waals surface area contributed by atoms with E-state index in [2.05, 4.69) is 16.0 Å². The smallest absolute Gasteiger partial charge is 0.243 e. The number of carbonyl (C=O) groups excluding carboxylic acids is 3. The van der Waals surface area contributed by atoms with Crippen LogP contribution in [0.1, 0.15) is 44.7 Å². The van der Waals surface area contributed by atoms with Gasteiger partial charge in [0.2, 0.25) is 17.7 Å². The Kier molecular flexibility index (Phi) is 10.1. The van der Waals surface area contributed by atoms with Crippen LogP contribution in [0.15, 0.2) is 72.8 Å². The van der Waals surface area contributed by atoms with Crippen molar-refractivity contribution in [1.82, 2.24) is 20.9 Å². The lowest BCUT2D eigenvalue weighted by Crippen LogP contribution is -2.55. The average Bonchev–Trinajstić information content (AvgIpc) is 3.45. The number of hydrogen-bond acceptors (Lipinski definition) is 5. The van der Waals surface area contributed by atoms with Gasteiger partial charge in [0.15, 0.2) is 0 Å². The quantitative estimate of drug-likeness (QED) is 0.289. The average molecular weight is 559 g/mol. The summed E-state index contributed by atoms with van der Waals surface area (Å²) in [6, 6.07) is 22.4. The molecule has 1 heterocycles. The van der Waals surface area contributed by atoms with E-state index in [1.54, 1.807) is 4.90 Å². The van der Waals surface area contributed by atoms with E-state index in [0.717, 1.165) is 28.3 Å². The second kappa shape index (κ2) is 13.7. The van der Waals surface area contributed by atoms with Crippen LogP contribution >= 0.6 is 0 Å². The molecule has 0 spiro atoms. The van der Waals surface area contributed by atoms with E-state index in [9.17, 15) is 19.5 Å². The van der Waals surface area contributed by atoms with Crippen LogP contribution in [-0.2, 0) is 27.3 Å². The maximum atomic E-state index is 13.5. The zero-order chi connectivity index (χ0) is 29.4. The lowest BCUT2D eigenvalue weighted by atomic mass is 9.94. The number of aliphatic hydroxyl groups excluding tert-OH is 1. The van der Waals surface area contributed by atoms with E-state index >= 15 is 0 Å². The van der Waals surface area contributed by atoms with Crippen LogP contribution in [0.5, 0.6) is 0 Å². The van der Waals surface area contributed by atoms with Crippen LogP contribution in [0.4, 0.5) is 0 Å². The summed E-state index contributed by atoms with van der Waals surface area (Å²) < 4.78 is 0. The van der Waals surface area contributed by atoms with E-state index < -0.39 is 23.6 Å². The molecule has 41 heavy (non-hydrogen) atoms. The van der Waals surface area contributed by atoms with Crippen molar-refractivity contribution in [2.24, 2.45) is 5.41 Å². The summed E-state index contributed by atoms with van der Waals surface area (Å²) in [7, 11) is 0. The van der Waals surface area contributed by atoms with Crippen LogP contribution in [0.2, 0.25) is 0 Å². The molecule has 1 saturated heterocycles. The van der Waals surface area contributed by atoms with Crippen molar-refractivity contribution in [3.8, 4) is 0 Å². The number of aliphatic hydroxyl groups is 1. The van der Waals surface area contributed by atoms with Crippen LogP contribution < -0.4 is 16.0 Å². The number of rotatable bonds is 11. The van der Waals surface area contributed by atoms with Gasteiger partial charge in [-0.3, -0.25) is 14.4 Å². The minimum absolute atomic E-state index is 0.0444. The van der Waals surface area contributed by atoms with Crippen molar-refractivity contribution in [3.05, 3.63) is 83.9 Å². The first-order valence-electron chi connectivity index (χ1n) is 14.4. The Balaban J connectivity index is 1.42. The van der Waals surface area contributed by atoms with Crippen molar-refractivity contribution in [2.75, 3.05) is 19.6 Å². The highest BCUT2D eigenvalue weighted by molar-refractivity contribution is 5.93. The van der Waals surface area contributed by atoms with Gasteiger partial charge in [-0.2, -0.15) is 0 Å². The molecule has 3 amide bonds. The number of nitrogens with zero attached hydrogens (tertiary/aromatic N) is 1. The summed E-state index contributed by atoms with van der Waals surface area (Å²) in [5.41, 5.74) is 1.41. The van der Waals surface area contributed by atoms with Gasteiger partial charge in [0, 0.05) is 38.0 Å². The van der Waals surface area contributed by atoms with Crippen molar-refractivity contribution < 1.29 is 19.5 Å². The van der Waals surface area contributed by atoms with E-state index in [0.29, 0.717) is 26.1 Å². The predicted molar refractivity (Wildman–Crippen MR) is 161 cm³/mol. The Bertz CT molecular complexity index is 1340. The van der Waals surface area contributed by atoms with Crippen molar-refractivity contribution in [3.63, 3.8) is 0 Å². The van der Waals surface area contributed by atoms with Gasteiger partial charge in [0.1, 0.15) is 12.1 Å². The summed E-state index contributed by atoms with van der Waals surface area (Å²) in [5, 5.41) is 21.6. The number of likely N-dealkylation sites (tertiary alicyclic amines) is 1. The molecule has 3 unspecified atom stereocenters. The molecule has 0 bridgehead atoms. The van der Waals surface area contributed by atoms with Crippen molar-refractivity contribution in [2.45, 2.75) is 64.8 Å². The number of fused-ring (bicyclic) bond motifs is 1. The molecule has 0 radical (unpaired) electrons. The molecule has 8 heteroatoms. The lowest BCUT2D eigenvalue weighted by Gasteiger charge is -2.31. The molecular weight excluding hydrogens is 516 g/mol. The van der Waals surface area contributed by atoms with Gasteiger partial charge in [-0.1, -0.05) is 93.6 Å². The highest BCUT2D eigenvalue weighted by atomic mass is 16.3. The SMILES string of the molecule is CC(C)(C)C(=O)N1CCCC1C(=O)NC(Cc1ccc2ccccc2c1)C(=O)NCC(O)CNCc1ccccc1. The third-order valence-corrected chi connectivity index (χ3v) is 7.41. The molecule has 4 N–H and O–H groups in total. The number of benzene rings is 3. The Labute approximate surface area is 242 Å². The highest BCUT2D eigenvalue weighted by Gasteiger charge is 2.39. The molecule has 0 aromatic heterocycles. The molecule has 4 rings (SSSR count). The Hall–Kier alpha value is -3.75. The van der Waals surface area contributed by atoms with E-state index in [1.165, 1.54) is 0 Å². The van der Waals surface area contributed by atoms with Crippen LogP contribution in [0, 0.1) is 5.41 Å². The highest BCUT2D eigenvalue weighted by Crippen LogP contribution is 2.26. The van der Waals surface area contributed by atoms with Gasteiger partial charge in [0.05, 0.1) is 6.10 Å². The molecule has 8 nitrogen and oxygen atoms in total. The zero-order valence-electron chi connectivity index (χ0n) is 24.2. The standard InChI is InChI=1S/C33H42N4O4/c1-33(2,3)32(41)37-17-9-14-29(37)31(40)36-28(19-24-15-16-25-12-7-8-13-26(25)18-24)30(39)35-22-27(38)21-34-20-23-10-5-4-6-11-23/h4-8,10-13,15-16,18,27-29,34,38H,9,14,17,19-22H2,1-3H3,(H,35,39)(H,36,40). The van der Waals surface area contributed by atoms with Gasteiger partial charge in [-0.15, -0.1) is 0 Å². The summed E-state index contributed by atoms with van der Waals surface area (Å²) in [6.07, 6.45) is 0.785. The molecule has 3 aromatic carbocycles. The number of hydrogen-bond donors (Lipinski definition) is 4. The normalized spacial score (nSPS) is 16.8. The first-order valence-corrected chi connectivity index (χ1v) is 14.4. The Morgan fingerprint density at radius 3 is 2.37 bits per heavy atom. The minimum atomic E-state index is -0.861. The Morgan fingerprint density at radius 1 is 0.927 bits per heavy atom. The van der Waals surface area contributed by atoms with Crippen LogP contribution in [0.3, 0.4) is 0 Å². The second-order valence-corrected chi connectivity index (χ2v) is 11.9. The molecule has 1 aliphatic heterocycles. The lowest BCUT2D eigenvalue weighted by molar-refractivity contribution is -0.145. The van der Waals surface area contributed by atoms with Gasteiger partial charge < -0.3 is 26.0 Å². The zero-order valence-corrected chi connectivity index (χ0v) is 24.2. The minimum Gasteiger partial charge on any atom is -0.390 e. The third-order valence-electron chi connectivity index (χ3n) is 7.41. The van der Waals surface area contributed by atoms with Crippen LogP contribution in [0.25, 0.3) is 10.8 Å². The molecule has 3 atom stereocenters. The molecule has 0 aliphatic carbocycles. The molecule has 1 aliphatic rings. The Morgan fingerprint density at radius 2 is 1.63 bits per heavy atom. The molecule has 3 aromatic rings. The predicted octanol–water partition coefficient (Wildman–Crippen LogP) is 3.17. The van der Waals surface area contributed by atoms with Gasteiger partial charge in [-0.25, -0.2) is 0 Å². The molecule has 0 saturated carbocycles. The van der Waals surface area contributed by atoms with Gasteiger partial charge >= 0.3 is 0 Å². The maximum absolute atomic E-state index is 13.5. The fraction of sp³-hybridized carbons (Fsp3) is 0.424. The summed E-state index contributed by atoms with van der Waals surface area (Å²) in [5.74, 6) is -0.775. The fourth-order valence-corrected chi connectivity index (χ4v) is 5.18. The van der Waals surface area contributed by atoms with Crippen LogP contribution in [-0.4, -0.2) is 65.5 Å². The first kappa shape index (κ1) is 30.2. The number of nitrogens with one attached hydrogen (secondary N) is 3. The van der Waals surface area contributed by atoms with E-state index in [-0.39, 0.29) is 30.7 Å². The number of carbonyl (C=O) groups is 3. The summed E-state index contributed by atoms with van der Waals surface area (Å²) in [6.45, 7) is 7.02. The third kappa shape index (κ3) is 8.38. The molecule has 218 valence electrons. The molecular formula is C33H42N4O4. The monoisotopic (exact) mass is 558 g/mol. The molecule has 1 fully saturated rings. The maximum Gasteiger partial charge on any atom is 0.243 e.